The molecule has 6 heteroatoms. The van der Waals surface area contributed by atoms with Gasteiger partial charge >= 0.3 is 5.97 Å². The molecule has 0 aromatic carbocycles. The molecular weight excluding hydrogens is 208 g/mol. The van der Waals surface area contributed by atoms with Crippen LogP contribution in [0.15, 0.2) is 12.4 Å². The Bertz CT molecular complexity index is 354. The lowest BCUT2D eigenvalue weighted by atomic mass is 10.4. The number of ether oxygens (including phenoxy) is 1. The van der Waals surface area contributed by atoms with E-state index in [1.165, 1.54) is 13.3 Å². The fourth-order valence-electron chi connectivity index (χ4n) is 1.06. The van der Waals surface area contributed by atoms with Crippen LogP contribution in [0.3, 0.4) is 0 Å². The van der Waals surface area contributed by atoms with Gasteiger partial charge in [-0.1, -0.05) is 0 Å². The van der Waals surface area contributed by atoms with Gasteiger partial charge in [0.1, 0.15) is 5.82 Å². The first-order valence-electron chi connectivity index (χ1n) is 4.92. The summed E-state index contributed by atoms with van der Waals surface area (Å²) in [6.07, 6.45) is 2.95. The summed E-state index contributed by atoms with van der Waals surface area (Å²) in [5.74, 6) is 0.0912. The number of carbonyl (C=O) groups excluding carboxylic acids is 1. The zero-order chi connectivity index (χ0) is 12.0. The topological polar surface area (TPSA) is 67.3 Å². The molecule has 88 valence electrons. The molecule has 1 aromatic rings. The maximum atomic E-state index is 11.2. The third-order valence-corrected chi connectivity index (χ3v) is 1.89. The fourth-order valence-corrected chi connectivity index (χ4v) is 1.06. The Kier molecular flexibility index (Phi) is 4.65. The second-order valence-corrected chi connectivity index (χ2v) is 3.51. The van der Waals surface area contributed by atoms with Gasteiger partial charge in [-0.3, -0.25) is 4.98 Å². The number of methoxy groups -OCH3 is 1. The number of esters is 1. The molecule has 0 atom stereocenters. The molecule has 0 fully saturated rings. The van der Waals surface area contributed by atoms with Gasteiger partial charge in [0.15, 0.2) is 5.69 Å². The average molecular weight is 224 g/mol. The van der Waals surface area contributed by atoms with Crippen LogP contribution in [0, 0.1) is 0 Å². The largest absolute Gasteiger partial charge is 0.464 e. The molecular formula is C10H16N4O2. The maximum absolute atomic E-state index is 11.2. The van der Waals surface area contributed by atoms with E-state index in [0.717, 1.165) is 13.1 Å². The van der Waals surface area contributed by atoms with E-state index >= 15 is 0 Å². The third-order valence-electron chi connectivity index (χ3n) is 1.89. The van der Waals surface area contributed by atoms with E-state index in [-0.39, 0.29) is 5.69 Å². The van der Waals surface area contributed by atoms with Gasteiger partial charge in [0.25, 0.3) is 0 Å². The van der Waals surface area contributed by atoms with Crippen LogP contribution in [0.25, 0.3) is 0 Å². The van der Waals surface area contributed by atoms with Gasteiger partial charge in [0, 0.05) is 13.1 Å². The van der Waals surface area contributed by atoms with Crippen molar-refractivity contribution in [1.82, 2.24) is 14.9 Å². The molecule has 1 heterocycles. The fraction of sp³-hybridized carbons (Fsp3) is 0.500. The molecule has 16 heavy (non-hydrogen) atoms. The highest BCUT2D eigenvalue weighted by molar-refractivity contribution is 5.87. The number of nitrogens with zero attached hydrogens (tertiary/aromatic N) is 3. The second-order valence-electron chi connectivity index (χ2n) is 3.51. The molecule has 1 aromatic heterocycles. The SMILES string of the molecule is COC(=O)c1cncc(NCCN(C)C)n1. The number of hydrogen-bond acceptors (Lipinski definition) is 6. The molecule has 0 radical (unpaired) electrons. The molecule has 0 bridgehead atoms. The van der Waals surface area contributed by atoms with Gasteiger partial charge in [0.2, 0.25) is 0 Å². The Morgan fingerprint density at radius 3 is 2.88 bits per heavy atom. The first-order chi connectivity index (χ1) is 7.63. The van der Waals surface area contributed by atoms with Crippen LogP contribution in [0.4, 0.5) is 5.82 Å². The number of nitrogens with one attached hydrogen (secondary N) is 1. The molecule has 1 rings (SSSR count). The van der Waals surface area contributed by atoms with Gasteiger partial charge in [-0.15, -0.1) is 0 Å². The van der Waals surface area contributed by atoms with Crippen molar-refractivity contribution in [2.24, 2.45) is 0 Å². The number of rotatable bonds is 5. The van der Waals surface area contributed by atoms with E-state index in [2.05, 4.69) is 20.0 Å². The number of hydrogen-bond donors (Lipinski definition) is 1. The summed E-state index contributed by atoms with van der Waals surface area (Å²) in [6, 6.07) is 0. The minimum absolute atomic E-state index is 0.206. The Morgan fingerprint density at radius 2 is 2.25 bits per heavy atom. The summed E-state index contributed by atoms with van der Waals surface area (Å²) in [5.41, 5.74) is 0.206. The number of carbonyl (C=O) groups is 1. The van der Waals surface area contributed by atoms with Crippen LogP contribution in [0.5, 0.6) is 0 Å². The van der Waals surface area contributed by atoms with Crippen molar-refractivity contribution in [3.05, 3.63) is 18.1 Å². The van der Waals surface area contributed by atoms with E-state index in [9.17, 15) is 4.79 Å². The maximum Gasteiger partial charge on any atom is 0.358 e. The predicted octanol–water partition coefficient (Wildman–Crippen LogP) is 0.237. The molecule has 6 nitrogen and oxygen atoms in total. The van der Waals surface area contributed by atoms with Gasteiger partial charge in [-0.2, -0.15) is 0 Å². The van der Waals surface area contributed by atoms with E-state index in [1.807, 2.05) is 19.0 Å². The van der Waals surface area contributed by atoms with Crippen molar-refractivity contribution in [3.63, 3.8) is 0 Å². The first kappa shape index (κ1) is 12.4. The molecule has 0 amide bonds. The van der Waals surface area contributed by atoms with Gasteiger partial charge in [0.05, 0.1) is 19.5 Å². The number of anilines is 1. The minimum atomic E-state index is -0.483. The average Bonchev–Trinajstić information content (AvgIpc) is 2.28. The van der Waals surface area contributed by atoms with Crippen LogP contribution >= 0.6 is 0 Å². The lowest BCUT2D eigenvalue weighted by Gasteiger charge is -2.10. The van der Waals surface area contributed by atoms with Crippen molar-refractivity contribution in [2.75, 3.05) is 39.6 Å². The quantitative estimate of drug-likeness (QED) is 0.722. The van der Waals surface area contributed by atoms with Crippen LogP contribution in [-0.2, 0) is 4.74 Å². The van der Waals surface area contributed by atoms with Crippen molar-refractivity contribution < 1.29 is 9.53 Å². The predicted molar refractivity (Wildman–Crippen MR) is 60.4 cm³/mol. The van der Waals surface area contributed by atoms with Gasteiger partial charge in [-0.05, 0) is 14.1 Å². The molecule has 0 unspecified atom stereocenters. The lowest BCUT2D eigenvalue weighted by Crippen LogP contribution is -2.21. The first-order valence-corrected chi connectivity index (χ1v) is 4.92. The van der Waals surface area contributed by atoms with E-state index in [4.69, 9.17) is 0 Å². The summed E-state index contributed by atoms with van der Waals surface area (Å²) < 4.78 is 4.56. The van der Waals surface area contributed by atoms with E-state index < -0.39 is 5.97 Å². The highest BCUT2D eigenvalue weighted by Crippen LogP contribution is 2.02. The molecule has 0 aliphatic heterocycles. The smallest absolute Gasteiger partial charge is 0.358 e. The molecule has 1 N–H and O–H groups in total. The third kappa shape index (κ3) is 3.82. The summed E-state index contributed by atoms with van der Waals surface area (Å²) >= 11 is 0. The monoisotopic (exact) mass is 224 g/mol. The van der Waals surface area contributed by atoms with Crippen molar-refractivity contribution >= 4 is 11.8 Å². The Hall–Kier alpha value is -1.69. The normalized spacial score (nSPS) is 10.2. The van der Waals surface area contributed by atoms with Crippen molar-refractivity contribution in [2.45, 2.75) is 0 Å². The van der Waals surface area contributed by atoms with Gasteiger partial charge < -0.3 is 15.0 Å². The Balaban J connectivity index is 2.57. The zero-order valence-electron chi connectivity index (χ0n) is 9.73. The summed E-state index contributed by atoms with van der Waals surface area (Å²) in [6.45, 7) is 1.62. The summed E-state index contributed by atoms with van der Waals surface area (Å²) in [4.78, 5) is 21.2. The highest BCUT2D eigenvalue weighted by Gasteiger charge is 2.07. The van der Waals surface area contributed by atoms with E-state index in [1.54, 1.807) is 6.20 Å². The van der Waals surface area contributed by atoms with Crippen LogP contribution < -0.4 is 5.32 Å². The molecule has 0 aliphatic carbocycles. The molecule has 0 saturated carbocycles. The van der Waals surface area contributed by atoms with Crippen LogP contribution in [0.1, 0.15) is 10.5 Å². The zero-order valence-corrected chi connectivity index (χ0v) is 9.73. The van der Waals surface area contributed by atoms with Crippen molar-refractivity contribution in [3.8, 4) is 0 Å². The number of aromatic nitrogens is 2. The van der Waals surface area contributed by atoms with Gasteiger partial charge in [-0.25, -0.2) is 9.78 Å². The number of likely N-dealkylation sites (N-methyl/N-ethyl adjacent to an activating group) is 1. The van der Waals surface area contributed by atoms with E-state index in [0.29, 0.717) is 5.82 Å². The molecule has 0 aliphatic rings. The standard InChI is InChI=1S/C10H16N4O2/c1-14(2)5-4-12-9-7-11-6-8(13-9)10(15)16-3/h6-7H,4-5H2,1-3H3,(H,12,13). The summed E-state index contributed by atoms with van der Waals surface area (Å²) in [7, 11) is 5.28. The summed E-state index contributed by atoms with van der Waals surface area (Å²) in [5, 5.41) is 3.07. The Morgan fingerprint density at radius 1 is 1.50 bits per heavy atom. The Labute approximate surface area is 94.6 Å². The second kappa shape index (κ2) is 6.02. The highest BCUT2D eigenvalue weighted by atomic mass is 16.5. The van der Waals surface area contributed by atoms with Crippen LogP contribution in [0.2, 0.25) is 0 Å². The molecule has 0 spiro atoms. The lowest BCUT2D eigenvalue weighted by molar-refractivity contribution is 0.0593. The van der Waals surface area contributed by atoms with Crippen LogP contribution in [-0.4, -0.2) is 55.1 Å². The molecule has 0 saturated heterocycles. The minimum Gasteiger partial charge on any atom is -0.464 e. The van der Waals surface area contributed by atoms with Crippen molar-refractivity contribution in [1.29, 1.82) is 0 Å².